The van der Waals surface area contributed by atoms with Crippen LogP contribution in [0.2, 0.25) is 0 Å². The summed E-state index contributed by atoms with van der Waals surface area (Å²) in [6, 6.07) is 16.0. The highest BCUT2D eigenvalue weighted by Gasteiger charge is 2.09. The summed E-state index contributed by atoms with van der Waals surface area (Å²) in [7, 11) is 11.6. The predicted molar refractivity (Wildman–Crippen MR) is 140 cm³/mol. The van der Waals surface area contributed by atoms with Crippen molar-refractivity contribution in [3.8, 4) is 11.5 Å². The Morgan fingerprint density at radius 3 is 1.19 bits per heavy atom. The maximum atomic E-state index is 5.29. The summed E-state index contributed by atoms with van der Waals surface area (Å²) in [4.78, 5) is 4.30. The van der Waals surface area contributed by atoms with Crippen LogP contribution in [0, 0.1) is 0 Å². The first-order valence-corrected chi connectivity index (χ1v) is 10.1. The molecule has 8 heteroatoms. The van der Waals surface area contributed by atoms with Crippen molar-refractivity contribution in [1.82, 2.24) is 9.80 Å². The average Bonchev–Trinajstić information content (AvgIpc) is 2.75. The van der Waals surface area contributed by atoms with Crippen LogP contribution in [0.25, 0.3) is 0 Å². The molecule has 2 aromatic rings. The van der Waals surface area contributed by atoms with Crippen molar-refractivity contribution in [1.29, 1.82) is 0 Å². The van der Waals surface area contributed by atoms with Gasteiger partial charge in [0, 0.05) is 25.9 Å². The highest BCUT2D eigenvalue weighted by molar-refractivity contribution is 6.03. The Morgan fingerprint density at radius 2 is 0.938 bits per heavy atom. The van der Waals surface area contributed by atoms with Gasteiger partial charge in [0.05, 0.1) is 25.6 Å². The van der Waals surface area contributed by atoms with E-state index in [0.717, 1.165) is 60.0 Å². The van der Waals surface area contributed by atoms with E-state index < -0.39 is 0 Å². The van der Waals surface area contributed by atoms with Crippen LogP contribution in [0.5, 0.6) is 11.5 Å². The quantitative estimate of drug-likeness (QED) is 0.345. The van der Waals surface area contributed by atoms with Crippen LogP contribution < -0.4 is 9.47 Å². The molecule has 178 valence electrons. The fraction of sp³-hybridized carbons (Fsp3) is 0.417. The van der Waals surface area contributed by atoms with Crippen molar-refractivity contribution in [2.24, 2.45) is 10.2 Å². The third kappa shape index (κ3) is 10.0. The SMILES string of the molecule is COc1ccc(/C(CCN(C)C)=N\N=C(/CCN(C)C)c2ccc(OC)cc2)cc1.Cl.Cl. The standard InChI is InChI=1S/C24H34N4O2.2ClH/c1-27(2)17-15-23(19-7-11-21(29-5)12-8-19)25-26-24(16-18-28(3)4)20-9-13-22(30-6)14-10-20;;/h7-14H,15-18H2,1-6H3;2*1H/b25-23-,26-24+;;. The van der Waals surface area contributed by atoms with Gasteiger partial charge in [0.25, 0.3) is 0 Å². The van der Waals surface area contributed by atoms with Crippen molar-refractivity contribution in [3.05, 3.63) is 59.7 Å². The molecule has 0 spiro atoms. The van der Waals surface area contributed by atoms with Crippen LogP contribution >= 0.6 is 24.8 Å². The lowest BCUT2D eigenvalue weighted by Gasteiger charge is -2.13. The molecule has 2 aromatic carbocycles. The van der Waals surface area contributed by atoms with Crippen LogP contribution in [0.4, 0.5) is 0 Å². The summed E-state index contributed by atoms with van der Waals surface area (Å²) in [5, 5.41) is 9.41. The Hall–Kier alpha value is -2.12. The minimum absolute atomic E-state index is 0. The van der Waals surface area contributed by atoms with Crippen molar-refractivity contribution in [2.75, 3.05) is 55.5 Å². The van der Waals surface area contributed by atoms with E-state index in [-0.39, 0.29) is 24.8 Å². The highest BCUT2D eigenvalue weighted by Crippen LogP contribution is 2.16. The maximum Gasteiger partial charge on any atom is 0.118 e. The lowest BCUT2D eigenvalue weighted by Crippen LogP contribution is -2.18. The van der Waals surface area contributed by atoms with Gasteiger partial charge in [0.15, 0.2) is 0 Å². The Bertz CT molecular complexity index is 765. The molecule has 0 unspecified atom stereocenters. The summed E-state index contributed by atoms with van der Waals surface area (Å²) in [5.74, 6) is 1.67. The predicted octanol–water partition coefficient (Wildman–Crippen LogP) is 4.64. The zero-order chi connectivity index (χ0) is 21.9. The number of methoxy groups -OCH3 is 2. The molecule has 0 amide bonds. The molecule has 0 bridgehead atoms. The summed E-state index contributed by atoms with van der Waals surface area (Å²) in [5.41, 5.74) is 4.04. The number of halogens is 2. The summed E-state index contributed by atoms with van der Waals surface area (Å²) in [6.45, 7) is 1.80. The second-order valence-corrected chi connectivity index (χ2v) is 7.66. The fourth-order valence-electron chi connectivity index (χ4n) is 2.85. The molecule has 0 aliphatic rings. The van der Waals surface area contributed by atoms with Gasteiger partial charge in [-0.1, -0.05) is 0 Å². The van der Waals surface area contributed by atoms with Crippen molar-refractivity contribution < 1.29 is 9.47 Å². The lowest BCUT2D eigenvalue weighted by atomic mass is 10.1. The van der Waals surface area contributed by atoms with Crippen LogP contribution in [-0.2, 0) is 0 Å². The van der Waals surface area contributed by atoms with Crippen LogP contribution in [0.15, 0.2) is 58.7 Å². The van der Waals surface area contributed by atoms with Gasteiger partial charge in [-0.15, -0.1) is 24.8 Å². The van der Waals surface area contributed by atoms with E-state index in [9.17, 15) is 0 Å². The molecule has 0 aliphatic carbocycles. The molecule has 0 heterocycles. The summed E-state index contributed by atoms with van der Waals surface area (Å²) >= 11 is 0. The van der Waals surface area contributed by atoms with Gasteiger partial charge in [-0.3, -0.25) is 0 Å². The molecule has 0 aromatic heterocycles. The van der Waals surface area contributed by atoms with E-state index in [1.165, 1.54) is 0 Å². The first kappa shape index (κ1) is 29.9. The minimum atomic E-state index is 0. The third-order valence-corrected chi connectivity index (χ3v) is 4.73. The molecule has 0 atom stereocenters. The Kier molecular flexibility index (Phi) is 14.6. The molecular formula is C24H36Cl2N4O2. The first-order chi connectivity index (χ1) is 14.4. The Balaban J connectivity index is 0.00000480. The number of rotatable bonds is 11. The third-order valence-electron chi connectivity index (χ3n) is 4.73. The normalized spacial score (nSPS) is 11.8. The largest absolute Gasteiger partial charge is 0.497 e. The van der Waals surface area contributed by atoms with Crippen molar-refractivity contribution in [3.63, 3.8) is 0 Å². The number of ether oxygens (including phenoxy) is 2. The van der Waals surface area contributed by atoms with E-state index in [4.69, 9.17) is 19.7 Å². The van der Waals surface area contributed by atoms with E-state index in [1.807, 2.05) is 48.5 Å². The molecule has 0 radical (unpaired) electrons. The summed E-state index contributed by atoms with van der Waals surface area (Å²) in [6.07, 6.45) is 1.62. The monoisotopic (exact) mass is 482 g/mol. The second kappa shape index (κ2) is 15.6. The van der Waals surface area contributed by atoms with Gasteiger partial charge in [-0.25, -0.2) is 0 Å². The molecule has 2 rings (SSSR count). The van der Waals surface area contributed by atoms with Crippen LogP contribution in [-0.4, -0.2) is 76.7 Å². The summed E-state index contributed by atoms with van der Waals surface area (Å²) < 4.78 is 10.6. The number of hydrogen-bond acceptors (Lipinski definition) is 6. The van der Waals surface area contributed by atoms with Gasteiger partial charge in [0.2, 0.25) is 0 Å². The van der Waals surface area contributed by atoms with E-state index in [2.05, 4.69) is 38.0 Å². The van der Waals surface area contributed by atoms with Gasteiger partial charge in [-0.05, 0) is 87.8 Å². The lowest BCUT2D eigenvalue weighted by molar-refractivity contribution is 0.414. The molecule has 0 saturated carbocycles. The topological polar surface area (TPSA) is 49.7 Å². The second-order valence-electron chi connectivity index (χ2n) is 7.66. The molecule has 0 saturated heterocycles. The zero-order valence-electron chi connectivity index (χ0n) is 19.9. The first-order valence-electron chi connectivity index (χ1n) is 10.1. The smallest absolute Gasteiger partial charge is 0.118 e. The maximum absolute atomic E-state index is 5.29. The molecular weight excluding hydrogens is 447 g/mol. The number of hydrogen-bond donors (Lipinski definition) is 0. The van der Waals surface area contributed by atoms with Gasteiger partial charge in [0.1, 0.15) is 11.5 Å². The van der Waals surface area contributed by atoms with Gasteiger partial charge < -0.3 is 19.3 Å². The van der Waals surface area contributed by atoms with E-state index >= 15 is 0 Å². The van der Waals surface area contributed by atoms with Crippen LogP contribution in [0.3, 0.4) is 0 Å². The molecule has 0 N–H and O–H groups in total. The van der Waals surface area contributed by atoms with Gasteiger partial charge >= 0.3 is 0 Å². The average molecular weight is 483 g/mol. The van der Waals surface area contributed by atoms with Gasteiger partial charge in [-0.2, -0.15) is 10.2 Å². The highest BCUT2D eigenvalue weighted by atomic mass is 35.5. The molecule has 6 nitrogen and oxygen atoms in total. The van der Waals surface area contributed by atoms with Crippen molar-refractivity contribution in [2.45, 2.75) is 12.8 Å². The molecule has 0 fully saturated rings. The Morgan fingerprint density at radius 1 is 0.625 bits per heavy atom. The number of nitrogens with zero attached hydrogens (tertiary/aromatic N) is 4. The molecule has 0 aliphatic heterocycles. The fourth-order valence-corrected chi connectivity index (χ4v) is 2.85. The van der Waals surface area contributed by atoms with Crippen molar-refractivity contribution >= 4 is 36.2 Å². The van der Waals surface area contributed by atoms with Crippen LogP contribution in [0.1, 0.15) is 24.0 Å². The zero-order valence-corrected chi connectivity index (χ0v) is 21.5. The van der Waals surface area contributed by atoms with E-state index in [0.29, 0.717) is 0 Å². The molecule has 32 heavy (non-hydrogen) atoms. The Labute approximate surface area is 205 Å². The number of benzene rings is 2. The van der Waals surface area contributed by atoms with E-state index in [1.54, 1.807) is 14.2 Å². The minimum Gasteiger partial charge on any atom is -0.497 e.